The molecular formula is C62H43NO3. The maximum atomic E-state index is 7.02. The minimum absolute atomic E-state index is 0.216. The first-order valence-corrected chi connectivity index (χ1v) is 22.9. The molecule has 0 amide bonds. The van der Waals surface area contributed by atoms with Gasteiger partial charge in [-0.25, -0.2) is 0 Å². The van der Waals surface area contributed by atoms with E-state index in [2.05, 4.69) is 209 Å². The molecule has 0 spiro atoms. The largest absolute Gasteiger partial charge is 0.456 e. The van der Waals surface area contributed by atoms with Gasteiger partial charge in [0.25, 0.3) is 0 Å². The molecule has 0 N–H and O–H groups in total. The summed E-state index contributed by atoms with van der Waals surface area (Å²) >= 11 is 0. The van der Waals surface area contributed by atoms with E-state index in [0.717, 1.165) is 77.8 Å². The van der Waals surface area contributed by atoms with Gasteiger partial charge in [-0.05, 0) is 105 Å². The first-order chi connectivity index (χ1) is 32.3. The molecule has 4 heteroatoms. The Balaban J connectivity index is 0.911. The highest BCUT2D eigenvalue weighted by Crippen LogP contribution is 2.65. The minimum Gasteiger partial charge on any atom is -0.456 e. The maximum Gasteiger partial charge on any atom is 0.159 e. The Bertz CT molecular complexity index is 4030. The SMILES string of the molecule is CC1(C)C2=C(c3c1ccc1oc4c(-c5ccc(N(c6ccc(-c7ccccc7)cc6)c6cccc7c6oc6ccccc67)cc5)cccc4c31)C(C)(C)c1c2ccc2oc3ccccc3c12. The highest BCUT2D eigenvalue weighted by Gasteiger charge is 2.51. The lowest BCUT2D eigenvalue weighted by atomic mass is 9.74. The van der Waals surface area contributed by atoms with Gasteiger partial charge in [-0.1, -0.05) is 161 Å². The number of nitrogens with zero attached hydrogens (tertiary/aromatic N) is 1. The van der Waals surface area contributed by atoms with Crippen LogP contribution in [0.25, 0.3) is 99.2 Å². The molecule has 0 saturated heterocycles. The van der Waals surface area contributed by atoms with E-state index >= 15 is 0 Å². The second-order valence-corrected chi connectivity index (χ2v) is 19.2. The van der Waals surface area contributed by atoms with Crippen LogP contribution >= 0.6 is 0 Å². The van der Waals surface area contributed by atoms with Crippen LogP contribution in [0.3, 0.4) is 0 Å². The Hall–Kier alpha value is -8.08. The van der Waals surface area contributed by atoms with Crippen molar-refractivity contribution in [3.8, 4) is 22.3 Å². The van der Waals surface area contributed by atoms with Gasteiger partial charge < -0.3 is 18.2 Å². The van der Waals surface area contributed by atoms with Crippen molar-refractivity contribution in [2.45, 2.75) is 38.5 Å². The topological polar surface area (TPSA) is 42.7 Å². The fraction of sp³-hybridized carbons (Fsp3) is 0.0968. The van der Waals surface area contributed by atoms with Gasteiger partial charge in [-0.15, -0.1) is 0 Å². The zero-order valence-corrected chi connectivity index (χ0v) is 37.1. The number of fused-ring (bicyclic) bond motifs is 15. The predicted octanol–water partition coefficient (Wildman–Crippen LogP) is 17.7. The number of hydrogen-bond acceptors (Lipinski definition) is 4. The smallest absolute Gasteiger partial charge is 0.159 e. The molecule has 0 atom stereocenters. The van der Waals surface area contributed by atoms with E-state index in [0.29, 0.717) is 0 Å². The molecule has 3 heterocycles. The number of rotatable bonds is 5. The lowest BCUT2D eigenvalue weighted by molar-refractivity contribution is 0.664. The Morgan fingerprint density at radius 1 is 0.364 bits per heavy atom. The Labute approximate surface area is 381 Å². The average Bonchev–Trinajstić information content (AvgIpc) is 4.14. The van der Waals surface area contributed by atoms with Crippen molar-refractivity contribution < 1.29 is 13.3 Å². The van der Waals surface area contributed by atoms with Gasteiger partial charge in [0.05, 0.1) is 5.69 Å². The fourth-order valence-corrected chi connectivity index (χ4v) is 11.9. The molecule has 2 aliphatic rings. The number of hydrogen-bond donors (Lipinski definition) is 0. The lowest BCUT2D eigenvalue weighted by Crippen LogP contribution is -2.19. The van der Waals surface area contributed by atoms with Crippen molar-refractivity contribution in [1.29, 1.82) is 0 Å². The van der Waals surface area contributed by atoms with Crippen LogP contribution in [-0.4, -0.2) is 0 Å². The van der Waals surface area contributed by atoms with Crippen LogP contribution in [0.4, 0.5) is 17.1 Å². The Morgan fingerprint density at radius 2 is 0.955 bits per heavy atom. The first kappa shape index (κ1) is 37.3. The molecule has 14 rings (SSSR count). The first-order valence-electron chi connectivity index (χ1n) is 22.9. The van der Waals surface area contributed by atoms with Crippen LogP contribution in [-0.2, 0) is 10.8 Å². The highest BCUT2D eigenvalue weighted by atomic mass is 16.3. The Kier molecular flexibility index (Phi) is 7.49. The van der Waals surface area contributed by atoms with E-state index in [9.17, 15) is 0 Å². The summed E-state index contributed by atoms with van der Waals surface area (Å²) in [5, 5.41) is 6.93. The Morgan fingerprint density at radius 3 is 1.73 bits per heavy atom. The molecule has 314 valence electrons. The third-order valence-electron chi connectivity index (χ3n) is 14.8. The normalized spacial score (nSPS) is 14.8. The van der Waals surface area contributed by atoms with E-state index in [1.807, 2.05) is 12.1 Å². The molecule has 3 aromatic heterocycles. The summed E-state index contributed by atoms with van der Waals surface area (Å²) in [4.78, 5) is 2.31. The molecule has 9 aromatic carbocycles. The second kappa shape index (κ2) is 13.2. The third-order valence-corrected chi connectivity index (χ3v) is 14.8. The highest BCUT2D eigenvalue weighted by molar-refractivity contribution is 6.23. The van der Waals surface area contributed by atoms with Gasteiger partial charge in [-0.3, -0.25) is 0 Å². The van der Waals surface area contributed by atoms with Gasteiger partial charge in [0.1, 0.15) is 27.9 Å². The minimum atomic E-state index is -0.287. The van der Waals surface area contributed by atoms with Crippen molar-refractivity contribution in [2.24, 2.45) is 0 Å². The summed E-state index contributed by atoms with van der Waals surface area (Å²) in [6, 6.07) is 67.1. The molecule has 0 bridgehead atoms. The summed E-state index contributed by atoms with van der Waals surface area (Å²) in [6.07, 6.45) is 0. The number of para-hydroxylation sites is 4. The van der Waals surface area contributed by atoms with Gasteiger partial charge >= 0.3 is 0 Å². The quantitative estimate of drug-likeness (QED) is 0.173. The summed E-state index contributed by atoms with van der Waals surface area (Å²) in [6.45, 7) is 9.61. The summed E-state index contributed by atoms with van der Waals surface area (Å²) in [7, 11) is 0. The van der Waals surface area contributed by atoms with Crippen molar-refractivity contribution >= 4 is 94.0 Å². The van der Waals surface area contributed by atoms with E-state index < -0.39 is 0 Å². The monoisotopic (exact) mass is 849 g/mol. The van der Waals surface area contributed by atoms with Crippen molar-refractivity contribution in [3.05, 3.63) is 210 Å². The molecule has 0 unspecified atom stereocenters. The van der Waals surface area contributed by atoms with Gasteiger partial charge in [0.15, 0.2) is 5.58 Å². The van der Waals surface area contributed by atoms with Crippen molar-refractivity contribution in [1.82, 2.24) is 0 Å². The zero-order chi connectivity index (χ0) is 44.1. The predicted molar refractivity (Wildman–Crippen MR) is 273 cm³/mol. The van der Waals surface area contributed by atoms with Crippen molar-refractivity contribution in [3.63, 3.8) is 0 Å². The van der Waals surface area contributed by atoms with Crippen LogP contribution in [0.1, 0.15) is 49.9 Å². The summed E-state index contributed by atoms with van der Waals surface area (Å²) < 4.78 is 20.1. The summed E-state index contributed by atoms with van der Waals surface area (Å²) in [5.41, 5.74) is 20.6. The number of anilines is 3. The molecule has 12 aromatic rings. The molecule has 0 radical (unpaired) electrons. The van der Waals surface area contributed by atoms with Crippen LogP contribution in [0.2, 0.25) is 0 Å². The molecule has 0 aliphatic heterocycles. The van der Waals surface area contributed by atoms with Crippen LogP contribution in [0.15, 0.2) is 201 Å². The average molecular weight is 850 g/mol. The molecule has 0 fully saturated rings. The van der Waals surface area contributed by atoms with Gasteiger partial charge in [0, 0.05) is 60.1 Å². The molecule has 66 heavy (non-hydrogen) atoms. The third kappa shape index (κ3) is 4.99. The standard InChI is InChI=1S/C62H43NO3/c1-61(2)47-33-35-51-53(55(47)58-57(61)46-32-34-52-54(56(46)62(58,3)4)44-17-9-11-23-50(44)64-52)45-20-12-18-41(59(45)66-51)38-26-30-40(31-27-38)63(39-28-24-37(25-29-39)36-14-6-5-7-15-36)48-21-13-19-43-42-16-8-10-22-49(42)65-60(43)48/h5-35H,1-4H3. The van der Waals surface area contributed by atoms with Gasteiger partial charge in [0.2, 0.25) is 0 Å². The van der Waals surface area contributed by atoms with Crippen molar-refractivity contribution in [2.75, 3.05) is 4.90 Å². The number of furan rings is 3. The number of benzene rings is 9. The molecule has 2 aliphatic carbocycles. The van der Waals surface area contributed by atoms with E-state index in [1.165, 1.54) is 60.7 Å². The molecule has 4 nitrogen and oxygen atoms in total. The lowest BCUT2D eigenvalue weighted by Gasteiger charge is -2.28. The van der Waals surface area contributed by atoms with Gasteiger partial charge in [-0.2, -0.15) is 0 Å². The van der Waals surface area contributed by atoms with E-state index in [4.69, 9.17) is 13.3 Å². The van der Waals surface area contributed by atoms with Crippen LogP contribution in [0, 0.1) is 0 Å². The fourth-order valence-electron chi connectivity index (χ4n) is 11.9. The maximum absolute atomic E-state index is 7.02. The van der Waals surface area contributed by atoms with E-state index in [1.54, 1.807) is 0 Å². The zero-order valence-electron chi connectivity index (χ0n) is 37.1. The van der Waals surface area contributed by atoms with Crippen LogP contribution < -0.4 is 4.90 Å². The molecule has 0 saturated carbocycles. The number of allylic oxidation sites excluding steroid dienone is 2. The summed E-state index contributed by atoms with van der Waals surface area (Å²) in [5.74, 6) is 0. The van der Waals surface area contributed by atoms with E-state index in [-0.39, 0.29) is 10.8 Å². The molecular weight excluding hydrogens is 807 g/mol. The van der Waals surface area contributed by atoms with Crippen LogP contribution in [0.5, 0.6) is 0 Å². The second-order valence-electron chi connectivity index (χ2n) is 19.2.